The van der Waals surface area contributed by atoms with Gasteiger partial charge in [-0.05, 0) is 31.2 Å². The number of ether oxygens (including phenoxy) is 1. The quantitative estimate of drug-likeness (QED) is 0.499. The van der Waals surface area contributed by atoms with E-state index in [1.54, 1.807) is 5.48 Å². The van der Waals surface area contributed by atoms with Gasteiger partial charge in [-0.2, -0.15) is 0 Å². The summed E-state index contributed by atoms with van der Waals surface area (Å²) in [5.41, 5.74) is 2.67. The first-order valence-corrected chi connectivity index (χ1v) is 11.7. The van der Waals surface area contributed by atoms with E-state index in [9.17, 15) is 13.2 Å². The van der Waals surface area contributed by atoms with Crippen LogP contribution in [0.1, 0.15) is 62.8 Å². The number of hydrogen-bond donors (Lipinski definition) is 2. The fourth-order valence-electron chi connectivity index (χ4n) is 4.09. The molecule has 162 valence electrons. The Kier molecular flexibility index (Phi) is 7.20. The van der Waals surface area contributed by atoms with Crippen molar-refractivity contribution < 1.29 is 23.2 Å². The van der Waals surface area contributed by atoms with E-state index in [1.807, 2.05) is 12.4 Å². The number of sulfonamides is 1. The molecule has 0 aliphatic carbocycles. The van der Waals surface area contributed by atoms with Gasteiger partial charge in [-0.25, -0.2) is 28.2 Å². The highest BCUT2D eigenvalue weighted by Gasteiger charge is 2.54. The zero-order valence-corrected chi connectivity index (χ0v) is 17.7. The van der Waals surface area contributed by atoms with Crippen LogP contribution in [0.25, 0.3) is 0 Å². The number of unbranched alkanes of at least 4 members (excludes halogenated alkanes) is 1. The Morgan fingerprint density at radius 3 is 2.45 bits per heavy atom. The number of amides is 1. The topological polar surface area (TPSA) is 122 Å². The molecule has 1 aromatic heterocycles. The molecule has 0 spiro atoms. The second kappa shape index (κ2) is 9.46. The molecule has 2 aliphatic heterocycles. The number of nitrogens with zero attached hydrogens (tertiary/aromatic N) is 3. The molecule has 10 heteroatoms. The number of carbonyl (C=O) groups is 1. The normalized spacial score (nSPS) is 21.0. The molecule has 1 amide bonds. The first-order chi connectivity index (χ1) is 13.9. The number of aromatic nitrogens is 2. The van der Waals surface area contributed by atoms with Crippen LogP contribution in [0.4, 0.5) is 0 Å². The number of carbonyl (C=O) groups excluding carboxylic acids is 1. The minimum absolute atomic E-state index is 0.0317. The lowest BCUT2D eigenvalue weighted by Crippen LogP contribution is -2.60. The highest BCUT2D eigenvalue weighted by atomic mass is 32.2. The largest absolute Gasteiger partial charge is 0.381 e. The van der Waals surface area contributed by atoms with E-state index < -0.39 is 20.7 Å². The summed E-state index contributed by atoms with van der Waals surface area (Å²) < 4.78 is 31.6. The summed E-state index contributed by atoms with van der Waals surface area (Å²) in [6.45, 7) is 3.08. The fraction of sp³-hybridized carbons (Fsp3) is 0.737. The summed E-state index contributed by atoms with van der Waals surface area (Å²) in [6, 6.07) is 0. The summed E-state index contributed by atoms with van der Waals surface area (Å²) in [6.07, 6.45) is 8.18. The van der Waals surface area contributed by atoms with Crippen LogP contribution >= 0.6 is 0 Å². The predicted molar refractivity (Wildman–Crippen MR) is 106 cm³/mol. The molecule has 0 saturated carbocycles. The zero-order chi connectivity index (χ0) is 20.9. The predicted octanol–water partition coefficient (Wildman–Crippen LogP) is 1.38. The standard InChI is InChI=1S/C19H30N4O5S/c1-2-3-4-15-13-20-17(21-14-15)16-5-9-23(10-6-16)29(26,27)19(18(24)22-25)7-11-28-12-8-19/h13-14,16,25H,2-12H2,1H3,(H,22,24). The van der Waals surface area contributed by atoms with Crippen LogP contribution in [0.3, 0.4) is 0 Å². The molecule has 29 heavy (non-hydrogen) atoms. The van der Waals surface area contributed by atoms with Gasteiger partial charge in [-0.3, -0.25) is 10.0 Å². The highest BCUT2D eigenvalue weighted by Crippen LogP contribution is 2.36. The Labute approximate surface area is 171 Å². The number of piperidine rings is 1. The summed E-state index contributed by atoms with van der Waals surface area (Å²) in [7, 11) is -3.94. The summed E-state index contributed by atoms with van der Waals surface area (Å²) >= 11 is 0. The number of nitrogens with one attached hydrogen (secondary N) is 1. The molecule has 1 aromatic rings. The molecule has 2 saturated heterocycles. The van der Waals surface area contributed by atoms with E-state index in [2.05, 4.69) is 16.9 Å². The van der Waals surface area contributed by atoms with Gasteiger partial charge in [0.2, 0.25) is 10.0 Å². The fourth-order valence-corrected chi connectivity index (χ4v) is 6.24. The highest BCUT2D eigenvalue weighted by molar-refractivity contribution is 7.91. The molecule has 0 aromatic carbocycles. The number of rotatable bonds is 7. The third kappa shape index (κ3) is 4.45. The molecule has 0 bridgehead atoms. The lowest BCUT2D eigenvalue weighted by Gasteiger charge is -2.40. The van der Waals surface area contributed by atoms with Crippen molar-refractivity contribution in [3.8, 4) is 0 Å². The number of hydroxylamine groups is 1. The maximum atomic E-state index is 13.3. The third-order valence-corrected chi connectivity index (χ3v) is 8.64. The number of hydrogen-bond acceptors (Lipinski definition) is 7. The SMILES string of the molecule is CCCCc1cnc(C2CCN(S(=O)(=O)C3(C(=O)NO)CCOCC3)CC2)nc1. The lowest BCUT2D eigenvalue weighted by atomic mass is 9.97. The van der Waals surface area contributed by atoms with Gasteiger partial charge >= 0.3 is 0 Å². The third-order valence-electron chi connectivity index (χ3n) is 6.01. The summed E-state index contributed by atoms with van der Waals surface area (Å²) in [4.78, 5) is 21.3. The van der Waals surface area contributed by atoms with Crippen molar-refractivity contribution in [2.45, 2.75) is 62.5 Å². The minimum Gasteiger partial charge on any atom is -0.381 e. The second-order valence-corrected chi connectivity index (χ2v) is 10.0. The van der Waals surface area contributed by atoms with E-state index in [0.29, 0.717) is 25.9 Å². The van der Waals surface area contributed by atoms with Crippen LogP contribution in [0.15, 0.2) is 12.4 Å². The van der Waals surface area contributed by atoms with Crippen LogP contribution in [-0.2, 0) is 26.0 Å². The molecular weight excluding hydrogens is 396 g/mol. The van der Waals surface area contributed by atoms with Gasteiger partial charge in [0.05, 0.1) is 0 Å². The maximum absolute atomic E-state index is 13.3. The van der Waals surface area contributed by atoms with E-state index in [-0.39, 0.29) is 32.0 Å². The maximum Gasteiger partial charge on any atom is 0.266 e. The lowest BCUT2D eigenvalue weighted by molar-refractivity contribution is -0.134. The van der Waals surface area contributed by atoms with Crippen LogP contribution in [-0.4, -0.2) is 64.9 Å². The molecule has 2 fully saturated rings. The Morgan fingerprint density at radius 1 is 1.28 bits per heavy atom. The van der Waals surface area contributed by atoms with Gasteiger partial charge in [0.1, 0.15) is 5.82 Å². The van der Waals surface area contributed by atoms with Crippen LogP contribution in [0, 0.1) is 0 Å². The van der Waals surface area contributed by atoms with Gasteiger partial charge in [-0.15, -0.1) is 0 Å². The van der Waals surface area contributed by atoms with Crippen LogP contribution in [0.5, 0.6) is 0 Å². The molecular formula is C19H30N4O5S. The van der Waals surface area contributed by atoms with Crippen LogP contribution < -0.4 is 5.48 Å². The molecule has 9 nitrogen and oxygen atoms in total. The first-order valence-electron chi connectivity index (χ1n) is 10.3. The van der Waals surface area contributed by atoms with Gasteiger partial charge in [0.15, 0.2) is 4.75 Å². The molecule has 0 radical (unpaired) electrons. The van der Waals surface area contributed by atoms with Crippen molar-refractivity contribution in [3.63, 3.8) is 0 Å². The van der Waals surface area contributed by atoms with E-state index in [0.717, 1.165) is 30.7 Å². The van der Waals surface area contributed by atoms with E-state index in [4.69, 9.17) is 9.94 Å². The summed E-state index contributed by atoms with van der Waals surface area (Å²) in [5.74, 6) is -0.0379. The van der Waals surface area contributed by atoms with E-state index >= 15 is 0 Å². The number of aryl methyl sites for hydroxylation is 1. The van der Waals surface area contributed by atoms with Gasteiger partial charge in [0, 0.05) is 57.5 Å². The molecule has 3 rings (SSSR count). The van der Waals surface area contributed by atoms with Gasteiger partial charge < -0.3 is 4.74 Å². The zero-order valence-electron chi connectivity index (χ0n) is 16.8. The smallest absolute Gasteiger partial charge is 0.266 e. The molecule has 2 N–H and O–H groups in total. The Morgan fingerprint density at radius 2 is 1.90 bits per heavy atom. The Bertz CT molecular complexity index is 785. The second-order valence-electron chi connectivity index (χ2n) is 7.78. The summed E-state index contributed by atoms with van der Waals surface area (Å²) in [5, 5.41) is 9.14. The van der Waals surface area contributed by atoms with Gasteiger partial charge in [0.25, 0.3) is 5.91 Å². The average molecular weight is 427 g/mol. The van der Waals surface area contributed by atoms with E-state index in [1.165, 1.54) is 4.31 Å². The molecule has 0 atom stereocenters. The van der Waals surface area contributed by atoms with Crippen LogP contribution in [0.2, 0.25) is 0 Å². The monoisotopic (exact) mass is 426 g/mol. The van der Waals surface area contributed by atoms with Crippen molar-refractivity contribution >= 4 is 15.9 Å². The van der Waals surface area contributed by atoms with Crippen molar-refractivity contribution in [1.29, 1.82) is 0 Å². The Hall–Kier alpha value is -1.62. The Balaban J connectivity index is 1.68. The minimum atomic E-state index is -3.94. The van der Waals surface area contributed by atoms with Gasteiger partial charge in [-0.1, -0.05) is 13.3 Å². The molecule has 2 aliphatic rings. The first kappa shape index (κ1) is 22.1. The van der Waals surface area contributed by atoms with Crippen molar-refractivity contribution in [2.75, 3.05) is 26.3 Å². The van der Waals surface area contributed by atoms with Crippen molar-refractivity contribution in [2.24, 2.45) is 0 Å². The molecule has 0 unspecified atom stereocenters. The van der Waals surface area contributed by atoms with Crippen molar-refractivity contribution in [3.05, 3.63) is 23.8 Å². The average Bonchev–Trinajstić information content (AvgIpc) is 2.78. The van der Waals surface area contributed by atoms with Crippen molar-refractivity contribution in [1.82, 2.24) is 19.8 Å². The molecule has 3 heterocycles.